The second kappa shape index (κ2) is 7.86. The molecule has 2 N–H and O–H groups in total. The van der Waals surface area contributed by atoms with Gasteiger partial charge in [-0.05, 0) is 26.3 Å². The van der Waals surface area contributed by atoms with Crippen LogP contribution in [0.1, 0.15) is 35.5 Å². The molecule has 138 valence electrons. The number of carbonyl (C=O) groups excluding carboxylic acids is 2. The summed E-state index contributed by atoms with van der Waals surface area (Å²) in [7, 11) is 0. The largest absolute Gasteiger partial charge is 0.337 e. The Hall–Kier alpha value is -2.41. The second-order valence-corrected chi connectivity index (χ2v) is 7.96. The molecule has 1 aliphatic rings. The Kier molecular flexibility index (Phi) is 5.56. The van der Waals surface area contributed by atoms with Crippen LogP contribution in [0.2, 0.25) is 0 Å². The van der Waals surface area contributed by atoms with Crippen molar-refractivity contribution < 1.29 is 9.59 Å². The van der Waals surface area contributed by atoms with Crippen LogP contribution in [-0.4, -0.2) is 34.4 Å². The first-order valence-corrected chi connectivity index (χ1v) is 9.62. The summed E-state index contributed by atoms with van der Waals surface area (Å²) in [6.45, 7) is 7.07. The van der Waals surface area contributed by atoms with Crippen molar-refractivity contribution in [2.45, 2.75) is 46.2 Å². The van der Waals surface area contributed by atoms with E-state index in [0.29, 0.717) is 24.6 Å². The van der Waals surface area contributed by atoms with Crippen molar-refractivity contribution in [1.29, 1.82) is 0 Å². The highest BCUT2D eigenvalue weighted by molar-refractivity contribution is 7.15. The number of benzene rings is 1. The van der Waals surface area contributed by atoms with Gasteiger partial charge in [0.1, 0.15) is 0 Å². The molecule has 0 atom stereocenters. The van der Waals surface area contributed by atoms with Gasteiger partial charge in [-0.1, -0.05) is 41.2 Å². The van der Waals surface area contributed by atoms with Gasteiger partial charge < -0.3 is 10.2 Å². The van der Waals surface area contributed by atoms with Gasteiger partial charge in [-0.2, -0.15) is 0 Å². The van der Waals surface area contributed by atoms with E-state index in [4.69, 9.17) is 0 Å². The fourth-order valence-corrected chi connectivity index (χ4v) is 3.98. The third kappa shape index (κ3) is 4.60. The highest BCUT2D eigenvalue weighted by Gasteiger charge is 2.24. The number of hydrogen-bond donors (Lipinski definition) is 2. The van der Waals surface area contributed by atoms with E-state index < -0.39 is 0 Å². The van der Waals surface area contributed by atoms with Gasteiger partial charge in [-0.15, -0.1) is 0 Å². The molecule has 0 fully saturated rings. The van der Waals surface area contributed by atoms with Gasteiger partial charge in [0.15, 0.2) is 5.13 Å². The molecular weight excluding hydrogens is 348 g/mol. The highest BCUT2D eigenvalue weighted by Crippen LogP contribution is 2.28. The maximum Gasteiger partial charge on any atom is 0.321 e. The molecule has 0 aliphatic carbocycles. The molecule has 2 aromatic rings. The minimum Gasteiger partial charge on any atom is -0.337 e. The number of hydrogen-bond acceptors (Lipinski definition) is 4. The van der Waals surface area contributed by atoms with Crippen LogP contribution in [0.3, 0.4) is 0 Å². The molecule has 3 rings (SSSR count). The number of urea groups is 1. The Morgan fingerprint density at radius 2 is 2.15 bits per heavy atom. The van der Waals surface area contributed by atoms with Crippen LogP contribution in [0.5, 0.6) is 0 Å². The van der Waals surface area contributed by atoms with Crippen LogP contribution in [0.15, 0.2) is 24.3 Å². The zero-order chi connectivity index (χ0) is 18.7. The Morgan fingerprint density at radius 3 is 2.88 bits per heavy atom. The van der Waals surface area contributed by atoms with Crippen LogP contribution < -0.4 is 10.6 Å². The highest BCUT2D eigenvalue weighted by atomic mass is 32.1. The second-order valence-electron chi connectivity index (χ2n) is 6.87. The summed E-state index contributed by atoms with van der Waals surface area (Å²) in [5.74, 6) is 0.127. The van der Waals surface area contributed by atoms with Gasteiger partial charge in [-0.3, -0.25) is 10.1 Å². The van der Waals surface area contributed by atoms with Crippen LogP contribution >= 0.6 is 11.3 Å². The summed E-state index contributed by atoms with van der Waals surface area (Å²) >= 11 is 1.44. The van der Waals surface area contributed by atoms with E-state index in [1.165, 1.54) is 11.3 Å². The molecule has 1 aliphatic heterocycles. The molecule has 26 heavy (non-hydrogen) atoms. The smallest absolute Gasteiger partial charge is 0.321 e. The molecule has 0 spiro atoms. The molecule has 7 heteroatoms. The zero-order valence-corrected chi connectivity index (χ0v) is 16.2. The Balaban J connectivity index is 1.62. The molecule has 6 nitrogen and oxygen atoms in total. The van der Waals surface area contributed by atoms with Gasteiger partial charge in [-0.25, -0.2) is 9.78 Å². The summed E-state index contributed by atoms with van der Waals surface area (Å²) in [6.07, 6.45) is 1.14. The first-order valence-electron chi connectivity index (χ1n) is 8.80. The van der Waals surface area contributed by atoms with Gasteiger partial charge in [0, 0.05) is 23.9 Å². The minimum atomic E-state index is -0.251. The maximum atomic E-state index is 12.6. The number of fused-ring (bicyclic) bond motifs is 1. The lowest BCUT2D eigenvalue weighted by Gasteiger charge is -2.26. The van der Waals surface area contributed by atoms with Crippen molar-refractivity contribution >= 4 is 28.4 Å². The number of nitrogens with one attached hydrogen (secondary N) is 2. The number of nitrogens with zero attached hydrogens (tertiary/aromatic N) is 2. The summed E-state index contributed by atoms with van der Waals surface area (Å²) in [4.78, 5) is 31.9. The van der Waals surface area contributed by atoms with E-state index in [-0.39, 0.29) is 18.0 Å². The summed E-state index contributed by atoms with van der Waals surface area (Å²) < 4.78 is 0. The van der Waals surface area contributed by atoms with Crippen LogP contribution in [0.4, 0.5) is 9.93 Å². The Morgan fingerprint density at radius 1 is 1.35 bits per heavy atom. The number of rotatable bonds is 4. The van der Waals surface area contributed by atoms with E-state index >= 15 is 0 Å². The third-order valence-corrected chi connectivity index (χ3v) is 5.16. The molecule has 2 heterocycles. The van der Waals surface area contributed by atoms with E-state index in [0.717, 1.165) is 28.1 Å². The number of aromatic nitrogens is 1. The Bertz CT molecular complexity index is 816. The molecule has 0 saturated heterocycles. The minimum absolute atomic E-state index is 0.0688. The maximum absolute atomic E-state index is 12.6. The number of carbonyl (C=O) groups is 2. The predicted molar refractivity (Wildman–Crippen MR) is 103 cm³/mol. The van der Waals surface area contributed by atoms with E-state index in [1.54, 1.807) is 0 Å². The van der Waals surface area contributed by atoms with Crippen molar-refractivity contribution in [3.63, 3.8) is 0 Å². The average molecular weight is 372 g/mol. The van der Waals surface area contributed by atoms with E-state index in [9.17, 15) is 9.59 Å². The number of amides is 3. The first-order chi connectivity index (χ1) is 12.4. The lowest BCUT2D eigenvalue weighted by molar-refractivity contribution is -0.131. The third-order valence-electron chi connectivity index (χ3n) is 4.16. The number of anilines is 1. The molecule has 0 bridgehead atoms. The SMILES string of the molecule is Cc1cccc(CC(=O)N2CCc3nc(NC(=O)NC(C)C)sc3C2)c1. The molecule has 1 aromatic carbocycles. The van der Waals surface area contributed by atoms with E-state index in [1.807, 2.05) is 43.9 Å². The molecule has 0 saturated carbocycles. The van der Waals surface area contributed by atoms with Crippen molar-refractivity contribution in [3.8, 4) is 0 Å². The first kappa shape index (κ1) is 18.4. The van der Waals surface area contributed by atoms with Crippen LogP contribution in [0.25, 0.3) is 0 Å². The normalized spacial score (nSPS) is 13.5. The summed E-state index contributed by atoms with van der Waals surface area (Å²) in [5, 5.41) is 6.14. The van der Waals surface area contributed by atoms with Gasteiger partial charge in [0.25, 0.3) is 0 Å². The topological polar surface area (TPSA) is 74.3 Å². The number of aryl methyl sites for hydroxylation is 1. The molecule has 3 amide bonds. The van der Waals surface area contributed by atoms with Gasteiger partial charge >= 0.3 is 6.03 Å². The van der Waals surface area contributed by atoms with E-state index in [2.05, 4.69) is 21.7 Å². The van der Waals surface area contributed by atoms with Crippen molar-refractivity contribution in [3.05, 3.63) is 46.0 Å². The van der Waals surface area contributed by atoms with Crippen molar-refractivity contribution in [1.82, 2.24) is 15.2 Å². The van der Waals surface area contributed by atoms with Crippen LogP contribution in [-0.2, 0) is 24.2 Å². The van der Waals surface area contributed by atoms with Crippen molar-refractivity contribution in [2.75, 3.05) is 11.9 Å². The average Bonchev–Trinajstić information content (AvgIpc) is 2.94. The molecular formula is C19H24N4O2S. The monoisotopic (exact) mass is 372 g/mol. The fourth-order valence-electron chi connectivity index (χ4n) is 2.97. The van der Waals surface area contributed by atoms with Crippen LogP contribution in [0, 0.1) is 6.92 Å². The molecule has 0 radical (unpaired) electrons. The standard InChI is InChI=1S/C19H24N4O2S/c1-12(2)20-18(25)22-19-21-15-7-8-23(11-16(15)26-19)17(24)10-14-6-4-5-13(3)9-14/h4-6,9,12H,7-8,10-11H2,1-3H3,(H2,20,21,22,25). The van der Waals surface area contributed by atoms with Crippen molar-refractivity contribution in [2.24, 2.45) is 0 Å². The summed E-state index contributed by atoms with van der Waals surface area (Å²) in [5.41, 5.74) is 3.18. The quantitative estimate of drug-likeness (QED) is 0.866. The number of thiazole rings is 1. The zero-order valence-electron chi connectivity index (χ0n) is 15.3. The fraction of sp³-hybridized carbons (Fsp3) is 0.421. The van der Waals surface area contributed by atoms with Gasteiger partial charge in [0.2, 0.25) is 5.91 Å². The molecule has 0 unspecified atom stereocenters. The van der Waals surface area contributed by atoms with Gasteiger partial charge in [0.05, 0.1) is 18.7 Å². The lowest BCUT2D eigenvalue weighted by atomic mass is 10.1. The molecule has 1 aromatic heterocycles. The lowest BCUT2D eigenvalue weighted by Crippen LogP contribution is -2.36. The summed E-state index contributed by atoms with van der Waals surface area (Å²) in [6, 6.07) is 7.87. The Labute approximate surface area is 157 Å². The predicted octanol–water partition coefficient (Wildman–Crippen LogP) is 3.11.